The van der Waals surface area contributed by atoms with Crippen LogP contribution in [0.1, 0.15) is 16.8 Å². The molecule has 3 aromatic rings. The van der Waals surface area contributed by atoms with Crippen LogP contribution < -0.4 is 11.3 Å². The van der Waals surface area contributed by atoms with Gasteiger partial charge in [0.05, 0.1) is 11.2 Å². The zero-order chi connectivity index (χ0) is 15.5. The second-order valence-corrected chi connectivity index (χ2v) is 5.28. The molecule has 2 aromatic carbocycles. The zero-order valence-corrected chi connectivity index (χ0v) is 12.7. The Morgan fingerprint density at radius 2 is 1.86 bits per heavy atom. The summed E-state index contributed by atoms with van der Waals surface area (Å²) in [5.74, 6) is 6.22. The highest BCUT2D eigenvalue weighted by molar-refractivity contribution is 6.00. The first-order valence-corrected chi connectivity index (χ1v) is 7.16. The third-order valence-electron chi connectivity index (χ3n) is 3.57. The molecule has 0 aliphatic heterocycles. The van der Waals surface area contributed by atoms with Crippen molar-refractivity contribution in [1.29, 1.82) is 0 Å². The van der Waals surface area contributed by atoms with Gasteiger partial charge >= 0.3 is 0 Å². The van der Waals surface area contributed by atoms with Gasteiger partial charge in [-0.2, -0.15) is 0 Å². The van der Waals surface area contributed by atoms with E-state index in [9.17, 15) is 0 Å². The van der Waals surface area contributed by atoms with Gasteiger partial charge in [0.15, 0.2) is 5.84 Å². The Morgan fingerprint density at radius 1 is 1.05 bits per heavy atom. The number of para-hydroxylation sites is 1. The van der Waals surface area contributed by atoms with E-state index in [2.05, 4.69) is 27.5 Å². The first kappa shape index (κ1) is 14.2. The van der Waals surface area contributed by atoms with E-state index in [-0.39, 0.29) is 0 Å². The Balaban J connectivity index is 2.08. The summed E-state index contributed by atoms with van der Waals surface area (Å²) in [7, 11) is 0. The molecule has 110 valence electrons. The minimum atomic E-state index is 0.555. The van der Waals surface area contributed by atoms with Gasteiger partial charge in [0.2, 0.25) is 0 Å². The molecule has 0 spiro atoms. The minimum Gasteiger partial charge on any atom is -0.307 e. The SMILES string of the molecule is Cc1ccc(C)c(N=C(NN)c2ccc3ccccc3n2)c1. The average Bonchev–Trinajstić information content (AvgIpc) is 2.55. The summed E-state index contributed by atoms with van der Waals surface area (Å²) in [6, 6.07) is 18.1. The number of hydrogen-bond donors (Lipinski definition) is 2. The molecule has 0 amide bonds. The van der Waals surface area contributed by atoms with Crippen LogP contribution in [0.25, 0.3) is 10.9 Å². The molecule has 0 saturated heterocycles. The van der Waals surface area contributed by atoms with Crippen LogP contribution in [-0.4, -0.2) is 10.8 Å². The summed E-state index contributed by atoms with van der Waals surface area (Å²) < 4.78 is 0. The molecule has 0 fully saturated rings. The van der Waals surface area contributed by atoms with Crippen molar-refractivity contribution in [3.63, 3.8) is 0 Å². The summed E-state index contributed by atoms with van der Waals surface area (Å²) in [4.78, 5) is 9.25. The largest absolute Gasteiger partial charge is 0.307 e. The van der Waals surface area contributed by atoms with Crippen LogP contribution in [-0.2, 0) is 0 Å². The van der Waals surface area contributed by atoms with Crippen molar-refractivity contribution in [1.82, 2.24) is 10.4 Å². The normalized spacial score (nSPS) is 11.7. The second kappa shape index (κ2) is 5.95. The summed E-state index contributed by atoms with van der Waals surface area (Å²) in [6.45, 7) is 4.07. The summed E-state index contributed by atoms with van der Waals surface area (Å²) >= 11 is 0. The van der Waals surface area contributed by atoms with Crippen LogP contribution in [0.4, 0.5) is 5.69 Å². The number of benzene rings is 2. The predicted octanol–water partition coefficient (Wildman–Crippen LogP) is 3.39. The van der Waals surface area contributed by atoms with Crippen molar-refractivity contribution in [2.24, 2.45) is 10.8 Å². The molecule has 1 heterocycles. The quantitative estimate of drug-likeness (QED) is 0.329. The second-order valence-electron chi connectivity index (χ2n) is 5.28. The predicted molar refractivity (Wildman–Crippen MR) is 91.2 cm³/mol. The Morgan fingerprint density at radius 3 is 2.68 bits per heavy atom. The number of hydrogen-bond acceptors (Lipinski definition) is 3. The molecule has 1 aromatic heterocycles. The summed E-state index contributed by atoms with van der Waals surface area (Å²) in [5.41, 5.74) is 7.46. The summed E-state index contributed by atoms with van der Waals surface area (Å²) in [5, 5.41) is 1.09. The Labute approximate surface area is 129 Å². The highest BCUT2D eigenvalue weighted by Crippen LogP contribution is 2.21. The van der Waals surface area contributed by atoms with Crippen molar-refractivity contribution in [3.8, 4) is 0 Å². The highest BCUT2D eigenvalue weighted by atomic mass is 15.3. The molecule has 0 radical (unpaired) electrons. The van der Waals surface area contributed by atoms with Crippen LogP contribution in [0.5, 0.6) is 0 Å². The lowest BCUT2D eigenvalue weighted by atomic mass is 10.1. The number of nitrogens with zero attached hydrogens (tertiary/aromatic N) is 2. The van der Waals surface area contributed by atoms with Gasteiger partial charge in [0, 0.05) is 5.39 Å². The topological polar surface area (TPSA) is 63.3 Å². The maximum Gasteiger partial charge on any atom is 0.166 e. The van der Waals surface area contributed by atoms with Crippen molar-refractivity contribution in [3.05, 3.63) is 71.4 Å². The third kappa shape index (κ3) is 2.82. The van der Waals surface area contributed by atoms with Crippen molar-refractivity contribution in [2.75, 3.05) is 0 Å². The van der Waals surface area contributed by atoms with E-state index in [1.807, 2.05) is 56.3 Å². The van der Waals surface area contributed by atoms with E-state index >= 15 is 0 Å². The van der Waals surface area contributed by atoms with Crippen molar-refractivity contribution in [2.45, 2.75) is 13.8 Å². The first-order valence-electron chi connectivity index (χ1n) is 7.16. The Bertz CT molecular complexity index is 853. The molecule has 0 saturated carbocycles. The smallest absolute Gasteiger partial charge is 0.166 e. The fourth-order valence-electron chi connectivity index (χ4n) is 2.32. The van der Waals surface area contributed by atoms with Crippen LogP contribution in [0.15, 0.2) is 59.6 Å². The number of nitrogens with one attached hydrogen (secondary N) is 1. The maximum atomic E-state index is 5.66. The number of fused-ring (bicyclic) bond motifs is 1. The monoisotopic (exact) mass is 290 g/mol. The van der Waals surface area contributed by atoms with Gasteiger partial charge in [0.25, 0.3) is 0 Å². The number of rotatable bonds is 2. The average molecular weight is 290 g/mol. The number of aryl methyl sites for hydroxylation is 2. The molecule has 4 heteroatoms. The van der Waals surface area contributed by atoms with Gasteiger partial charge in [0.1, 0.15) is 5.69 Å². The molecular weight excluding hydrogens is 272 g/mol. The lowest BCUT2D eigenvalue weighted by molar-refractivity contribution is 1.01. The zero-order valence-electron chi connectivity index (χ0n) is 12.7. The number of hydrazine groups is 1. The fraction of sp³-hybridized carbons (Fsp3) is 0.111. The number of aromatic nitrogens is 1. The number of pyridine rings is 1. The first-order chi connectivity index (χ1) is 10.7. The van der Waals surface area contributed by atoms with E-state index < -0.39 is 0 Å². The number of amidine groups is 1. The summed E-state index contributed by atoms with van der Waals surface area (Å²) in [6.07, 6.45) is 0. The van der Waals surface area contributed by atoms with E-state index in [0.29, 0.717) is 5.84 Å². The van der Waals surface area contributed by atoms with Gasteiger partial charge in [-0.15, -0.1) is 0 Å². The lowest BCUT2D eigenvalue weighted by Crippen LogP contribution is -2.31. The highest BCUT2D eigenvalue weighted by Gasteiger charge is 2.06. The van der Waals surface area contributed by atoms with Gasteiger partial charge in [-0.25, -0.2) is 15.8 Å². The fourth-order valence-corrected chi connectivity index (χ4v) is 2.32. The minimum absolute atomic E-state index is 0.555. The molecular formula is C18H18N4. The third-order valence-corrected chi connectivity index (χ3v) is 3.57. The molecule has 0 aliphatic rings. The molecule has 0 aliphatic carbocycles. The molecule has 4 nitrogen and oxygen atoms in total. The van der Waals surface area contributed by atoms with Crippen LogP contribution in [0.3, 0.4) is 0 Å². The van der Waals surface area contributed by atoms with Crippen molar-refractivity contribution >= 4 is 22.4 Å². The van der Waals surface area contributed by atoms with Gasteiger partial charge < -0.3 is 5.43 Å². The lowest BCUT2D eigenvalue weighted by Gasteiger charge is -2.08. The molecule has 0 bridgehead atoms. The van der Waals surface area contributed by atoms with E-state index in [0.717, 1.165) is 33.4 Å². The Hall–Kier alpha value is -2.72. The molecule has 0 atom stereocenters. The van der Waals surface area contributed by atoms with Gasteiger partial charge in [-0.3, -0.25) is 0 Å². The van der Waals surface area contributed by atoms with Gasteiger partial charge in [-0.05, 0) is 43.2 Å². The Kier molecular flexibility index (Phi) is 3.85. The maximum absolute atomic E-state index is 5.66. The molecule has 22 heavy (non-hydrogen) atoms. The van der Waals surface area contributed by atoms with E-state index in [1.54, 1.807) is 0 Å². The van der Waals surface area contributed by atoms with Crippen LogP contribution >= 0.6 is 0 Å². The van der Waals surface area contributed by atoms with Crippen LogP contribution in [0, 0.1) is 13.8 Å². The molecule has 3 N–H and O–H groups in total. The van der Waals surface area contributed by atoms with Crippen molar-refractivity contribution < 1.29 is 0 Å². The van der Waals surface area contributed by atoms with E-state index in [1.165, 1.54) is 0 Å². The number of aliphatic imine (C=N–C) groups is 1. The standard InChI is InChI=1S/C18H18N4/c1-12-7-8-13(2)17(11-12)21-18(22-19)16-10-9-14-5-3-4-6-15(14)20-16/h3-11H,19H2,1-2H3,(H,21,22). The molecule has 3 rings (SSSR count). The van der Waals surface area contributed by atoms with Gasteiger partial charge in [-0.1, -0.05) is 36.4 Å². The number of nitrogens with two attached hydrogens (primary N) is 1. The van der Waals surface area contributed by atoms with E-state index in [4.69, 9.17) is 5.84 Å². The molecule has 0 unspecified atom stereocenters. The van der Waals surface area contributed by atoms with Crippen LogP contribution in [0.2, 0.25) is 0 Å².